The van der Waals surface area contributed by atoms with Crippen molar-refractivity contribution in [1.82, 2.24) is 5.32 Å². The van der Waals surface area contributed by atoms with E-state index in [9.17, 15) is 9.59 Å². The number of rotatable bonds is 1. The maximum Gasteiger partial charge on any atom is 0.234 e. The zero-order valence-corrected chi connectivity index (χ0v) is 11.8. The number of nitrogens with one attached hydrogen (secondary N) is 1. The molecule has 1 N–H and O–H groups in total. The van der Waals surface area contributed by atoms with E-state index in [0.717, 1.165) is 18.4 Å². The summed E-state index contributed by atoms with van der Waals surface area (Å²) >= 11 is 6.04. The summed E-state index contributed by atoms with van der Waals surface area (Å²) in [7, 11) is 0. The molecule has 2 saturated heterocycles. The summed E-state index contributed by atoms with van der Waals surface area (Å²) in [6, 6.07) is 7.35. The van der Waals surface area contributed by atoms with Gasteiger partial charge in [-0.15, -0.1) is 0 Å². The van der Waals surface area contributed by atoms with Crippen molar-refractivity contribution in [3.05, 3.63) is 34.9 Å². The molecular formula is C15H16ClNO3. The number of carbonyl (C=O) groups is 2. The lowest BCUT2D eigenvalue weighted by Crippen LogP contribution is -2.52. The van der Waals surface area contributed by atoms with Crippen molar-refractivity contribution in [2.75, 3.05) is 13.2 Å². The van der Waals surface area contributed by atoms with Gasteiger partial charge in [-0.2, -0.15) is 0 Å². The summed E-state index contributed by atoms with van der Waals surface area (Å²) in [5.41, 5.74) is 0.548. The first-order valence-corrected chi connectivity index (χ1v) is 7.15. The lowest BCUT2D eigenvalue weighted by Gasteiger charge is -2.45. The highest BCUT2D eigenvalue weighted by Crippen LogP contribution is 2.49. The number of ether oxygens (including phenoxy) is 1. The first-order chi connectivity index (χ1) is 9.61. The number of benzene rings is 1. The summed E-state index contributed by atoms with van der Waals surface area (Å²) in [6.07, 6.45) is 1.83. The highest BCUT2D eigenvalue weighted by atomic mass is 35.5. The molecule has 2 aliphatic heterocycles. The number of piperidine rings is 1. The molecule has 1 aromatic rings. The smallest absolute Gasteiger partial charge is 0.234 e. The van der Waals surface area contributed by atoms with Crippen molar-refractivity contribution in [1.29, 1.82) is 0 Å². The Hall–Kier alpha value is -1.39. The monoisotopic (exact) mass is 293 g/mol. The fourth-order valence-electron chi connectivity index (χ4n) is 3.39. The molecule has 1 aromatic carbocycles. The molecule has 0 bridgehead atoms. The minimum atomic E-state index is -0.331. The van der Waals surface area contributed by atoms with Crippen molar-refractivity contribution >= 4 is 23.4 Å². The zero-order chi connectivity index (χ0) is 14.2. The molecule has 0 radical (unpaired) electrons. The Balaban J connectivity index is 2.03. The maximum absolute atomic E-state index is 12.4. The van der Waals surface area contributed by atoms with Crippen molar-refractivity contribution in [3.8, 4) is 0 Å². The van der Waals surface area contributed by atoms with Crippen LogP contribution in [0.15, 0.2) is 24.3 Å². The first-order valence-electron chi connectivity index (χ1n) is 6.78. The van der Waals surface area contributed by atoms with E-state index in [2.05, 4.69) is 5.32 Å². The average molecular weight is 294 g/mol. The lowest BCUT2D eigenvalue weighted by atomic mass is 9.63. The Labute approximate surface area is 122 Å². The van der Waals surface area contributed by atoms with E-state index in [-0.39, 0.29) is 23.1 Å². The van der Waals surface area contributed by atoms with Gasteiger partial charge in [-0.25, -0.2) is 0 Å². The molecule has 2 fully saturated rings. The van der Waals surface area contributed by atoms with Gasteiger partial charge >= 0.3 is 0 Å². The van der Waals surface area contributed by atoms with Crippen LogP contribution in [0.2, 0.25) is 5.02 Å². The van der Waals surface area contributed by atoms with Crippen LogP contribution >= 0.6 is 11.6 Å². The molecule has 2 heterocycles. The Bertz CT molecular complexity index is 552. The number of hydrogen-bond donors (Lipinski definition) is 1. The highest BCUT2D eigenvalue weighted by molar-refractivity contribution is 6.30. The van der Waals surface area contributed by atoms with Gasteiger partial charge in [0.1, 0.15) is 0 Å². The summed E-state index contributed by atoms with van der Waals surface area (Å²) in [4.78, 5) is 24.2. The molecule has 1 spiro atoms. The van der Waals surface area contributed by atoms with Crippen LogP contribution in [0.3, 0.4) is 0 Å². The quantitative estimate of drug-likeness (QED) is 0.808. The maximum atomic E-state index is 12.4. The van der Waals surface area contributed by atoms with E-state index in [0.29, 0.717) is 24.7 Å². The van der Waals surface area contributed by atoms with Crippen LogP contribution in [0.25, 0.3) is 0 Å². The van der Waals surface area contributed by atoms with Crippen molar-refractivity contribution < 1.29 is 14.3 Å². The van der Waals surface area contributed by atoms with Crippen LogP contribution in [0.4, 0.5) is 0 Å². The van der Waals surface area contributed by atoms with Gasteiger partial charge in [0, 0.05) is 24.7 Å². The Morgan fingerprint density at radius 3 is 2.70 bits per heavy atom. The lowest BCUT2D eigenvalue weighted by molar-refractivity contribution is -0.143. The molecule has 5 heteroatoms. The highest BCUT2D eigenvalue weighted by Gasteiger charge is 2.49. The summed E-state index contributed by atoms with van der Waals surface area (Å²) in [5, 5.41) is 3.06. The van der Waals surface area contributed by atoms with Crippen molar-refractivity contribution in [2.45, 2.75) is 25.2 Å². The number of hydrogen-bond acceptors (Lipinski definition) is 3. The van der Waals surface area contributed by atoms with Gasteiger partial charge in [-0.3, -0.25) is 14.9 Å². The molecule has 106 valence electrons. The van der Waals surface area contributed by atoms with Crippen LogP contribution in [-0.2, 0) is 14.3 Å². The fourth-order valence-corrected chi connectivity index (χ4v) is 3.59. The van der Waals surface area contributed by atoms with Crippen LogP contribution in [-0.4, -0.2) is 25.0 Å². The predicted molar refractivity (Wildman–Crippen MR) is 74.4 cm³/mol. The molecule has 4 nitrogen and oxygen atoms in total. The third-order valence-electron chi connectivity index (χ3n) is 4.32. The molecule has 2 amide bonds. The van der Waals surface area contributed by atoms with Gasteiger partial charge in [-0.05, 0) is 36.0 Å². The summed E-state index contributed by atoms with van der Waals surface area (Å²) in [5.74, 6) is -0.733. The fraction of sp³-hybridized carbons (Fsp3) is 0.467. The average Bonchev–Trinajstić information content (AvgIpc) is 2.38. The zero-order valence-electron chi connectivity index (χ0n) is 11.0. The minimum absolute atomic E-state index is 0.185. The molecule has 1 unspecified atom stereocenters. The second kappa shape index (κ2) is 5.19. The molecule has 0 aliphatic carbocycles. The van der Waals surface area contributed by atoms with Gasteiger partial charge < -0.3 is 4.74 Å². The predicted octanol–water partition coefficient (Wildman–Crippen LogP) is 2.27. The van der Waals surface area contributed by atoms with Gasteiger partial charge in [0.15, 0.2) is 0 Å². The van der Waals surface area contributed by atoms with E-state index >= 15 is 0 Å². The van der Waals surface area contributed by atoms with Gasteiger partial charge in [-0.1, -0.05) is 23.7 Å². The second-order valence-corrected chi connectivity index (χ2v) is 5.99. The van der Waals surface area contributed by atoms with Crippen molar-refractivity contribution in [2.24, 2.45) is 5.41 Å². The van der Waals surface area contributed by atoms with Gasteiger partial charge in [0.25, 0.3) is 0 Å². The van der Waals surface area contributed by atoms with E-state index in [1.807, 2.05) is 18.2 Å². The molecule has 0 saturated carbocycles. The Morgan fingerprint density at radius 1 is 1.25 bits per heavy atom. The van der Waals surface area contributed by atoms with Crippen LogP contribution in [0.1, 0.15) is 30.7 Å². The molecule has 3 rings (SSSR count). The van der Waals surface area contributed by atoms with Crippen molar-refractivity contribution in [3.63, 3.8) is 0 Å². The van der Waals surface area contributed by atoms with Gasteiger partial charge in [0.2, 0.25) is 11.8 Å². The van der Waals surface area contributed by atoms with Crippen LogP contribution < -0.4 is 5.32 Å². The van der Waals surface area contributed by atoms with Crippen LogP contribution in [0, 0.1) is 5.41 Å². The van der Waals surface area contributed by atoms with E-state index in [1.165, 1.54) is 0 Å². The third kappa shape index (κ3) is 2.34. The summed E-state index contributed by atoms with van der Waals surface area (Å²) < 4.78 is 5.41. The molecule has 1 atom stereocenters. The molecule has 0 aromatic heterocycles. The molecular weight excluding hydrogens is 278 g/mol. The van der Waals surface area contributed by atoms with E-state index in [4.69, 9.17) is 16.3 Å². The largest absolute Gasteiger partial charge is 0.381 e. The number of amides is 2. The van der Waals surface area contributed by atoms with E-state index in [1.54, 1.807) is 6.07 Å². The van der Waals surface area contributed by atoms with Gasteiger partial charge in [0.05, 0.1) is 5.92 Å². The minimum Gasteiger partial charge on any atom is -0.381 e. The van der Waals surface area contributed by atoms with Crippen LogP contribution in [0.5, 0.6) is 0 Å². The molecule has 2 aliphatic rings. The number of halogens is 1. The number of carbonyl (C=O) groups excluding carboxylic acids is 2. The molecule has 20 heavy (non-hydrogen) atoms. The first kappa shape index (κ1) is 13.6. The Morgan fingerprint density at radius 2 is 2.00 bits per heavy atom. The normalized spacial score (nSPS) is 25.6. The van der Waals surface area contributed by atoms with E-state index < -0.39 is 0 Å². The Kier molecular flexibility index (Phi) is 3.52. The topological polar surface area (TPSA) is 55.4 Å². The summed E-state index contributed by atoms with van der Waals surface area (Å²) in [6.45, 7) is 1.19. The standard InChI is InChI=1S/C15H16ClNO3/c16-11-3-1-2-10(8-11)13-14(19)17-12(18)9-15(13)4-6-20-7-5-15/h1-3,8,13H,4-7,9H2,(H,17,18,19). The number of imide groups is 1. The third-order valence-corrected chi connectivity index (χ3v) is 4.56. The SMILES string of the molecule is O=C1CC2(CCOCC2)C(c2cccc(Cl)c2)C(=O)N1. The second-order valence-electron chi connectivity index (χ2n) is 5.55.